The molecule has 0 saturated carbocycles. The molecule has 5 nitrogen and oxygen atoms in total. The highest BCUT2D eigenvalue weighted by Crippen LogP contribution is 2.29. The quantitative estimate of drug-likeness (QED) is 0.833. The molecular formula is C14H19N3O2. The summed E-state index contributed by atoms with van der Waals surface area (Å²) in [7, 11) is 1.92. The fourth-order valence-corrected chi connectivity index (χ4v) is 2.20. The Hall–Kier alpha value is -1.88. The Labute approximate surface area is 112 Å². The molecule has 0 aliphatic heterocycles. The van der Waals surface area contributed by atoms with Gasteiger partial charge in [0.1, 0.15) is 11.4 Å². The van der Waals surface area contributed by atoms with Crippen molar-refractivity contribution in [3.05, 3.63) is 24.0 Å². The van der Waals surface area contributed by atoms with Gasteiger partial charge in [-0.15, -0.1) is 0 Å². The second-order valence-corrected chi connectivity index (χ2v) is 4.40. The highest BCUT2D eigenvalue weighted by atomic mass is 16.5. The van der Waals surface area contributed by atoms with Crippen LogP contribution in [0.25, 0.3) is 11.0 Å². The average Bonchev–Trinajstić information content (AvgIpc) is 2.75. The van der Waals surface area contributed by atoms with Crippen LogP contribution in [0.4, 0.5) is 0 Å². The van der Waals surface area contributed by atoms with Gasteiger partial charge in [-0.2, -0.15) is 0 Å². The van der Waals surface area contributed by atoms with Gasteiger partial charge in [0.2, 0.25) is 0 Å². The number of esters is 1. The lowest BCUT2D eigenvalue weighted by Crippen LogP contribution is -2.10. The molecule has 0 fully saturated rings. The molecule has 0 aliphatic carbocycles. The maximum Gasteiger partial charge on any atom is 0.308 e. The monoisotopic (exact) mass is 261 g/mol. The number of nitrogens with one attached hydrogen (secondary N) is 1. The summed E-state index contributed by atoms with van der Waals surface area (Å²) >= 11 is 0. The normalized spacial score (nSPS) is 10.9. The summed E-state index contributed by atoms with van der Waals surface area (Å²) in [4.78, 5) is 15.6. The van der Waals surface area contributed by atoms with Crippen molar-refractivity contribution in [1.29, 1.82) is 0 Å². The molecule has 5 heteroatoms. The van der Waals surface area contributed by atoms with Gasteiger partial charge in [0.15, 0.2) is 0 Å². The van der Waals surface area contributed by atoms with Gasteiger partial charge < -0.3 is 14.6 Å². The second-order valence-electron chi connectivity index (χ2n) is 4.40. The smallest absolute Gasteiger partial charge is 0.308 e. The summed E-state index contributed by atoms with van der Waals surface area (Å²) in [6.07, 6.45) is 4.64. The van der Waals surface area contributed by atoms with Gasteiger partial charge in [0, 0.05) is 31.9 Å². The molecule has 2 heterocycles. The molecule has 0 atom stereocenters. The van der Waals surface area contributed by atoms with E-state index in [1.165, 1.54) is 6.92 Å². The van der Waals surface area contributed by atoms with Gasteiger partial charge in [-0.25, -0.2) is 4.98 Å². The third-order valence-corrected chi connectivity index (χ3v) is 3.04. The zero-order valence-electron chi connectivity index (χ0n) is 11.6. The van der Waals surface area contributed by atoms with Gasteiger partial charge in [-0.3, -0.25) is 4.79 Å². The number of aromatic nitrogens is 2. The number of carbonyl (C=O) groups is 1. The Morgan fingerprint density at radius 3 is 2.95 bits per heavy atom. The molecule has 2 aromatic heterocycles. The van der Waals surface area contributed by atoms with E-state index in [2.05, 4.69) is 28.0 Å². The van der Waals surface area contributed by atoms with Crippen molar-refractivity contribution in [2.45, 2.75) is 26.8 Å². The van der Waals surface area contributed by atoms with Gasteiger partial charge in [0.25, 0.3) is 0 Å². The maximum absolute atomic E-state index is 11.2. The lowest BCUT2D eigenvalue weighted by molar-refractivity contribution is -0.131. The first-order chi connectivity index (χ1) is 9.17. The molecule has 0 aliphatic rings. The number of hydrogen-bond acceptors (Lipinski definition) is 4. The van der Waals surface area contributed by atoms with E-state index in [0.717, 1.165) is 36.1 Å². The summed E-state index contributed by atoms with van der Waals surface area (Å²) in [5.41, 5.74) is 2.02. The lowest BCUT2D eigenvalue weighted by atomic mass is 10.1. The van der Waals surface area contributed by atoms with E-state index < -0.39 is 0 Å². The van der Waals surface area contributed by atoms with Crippen LogP contribution in [0.2, 0.25) is 0 Å². The largest absolute Gasteiger partial charge is 0.426 e. The predicted octanol–water partition coefficient (Wildman–Crippen LogP) is 1.74. The molecule has 19 heavy (non-hydrogen) atoms. The van der Waals surface area contributed by atoms with Crippen molar-refractivity contribution in [3.63, 3.8) is 0 Å². The molecule has 0 aromatic carbocycles. The van der Waals surface area contributed by atoms with Crippen molar-refractivity contribution in [2.75, 3.05) is 13.6 Å². The van der Waals surface area contributed by atoms with Gasteiger partial charge in [0.05, 0.1) is 5.39 Å². The molecule has 2 aromatic rings. The first kappa shape index (κ1) is 13.5. The third kappa shape index (κ3) is 2.76. The number of carbonyl (C=O) groups excluding carboxylic acids is 1. The van der Waals surface area contributed by atoms with Crippen LogP contribution in [0.3, 0.4) is 0 Å². The van der Waals surface area contributed by atoms with Crippen molar-refractivity contribution in [2.24, 2.45) is 0 Å². The Balaban J connectivity index is 2.56. The van der Waals surface area contributed by atoms with Crippen molar-refractivity contribution >= 4 is 17.0 Å². The highest BCUT2D eigenvalue weighted by molar-refractivity contribution is 5.89. The number of ether oxygens (including phenoxy) is 1. The Kier molecular flexibility index (Phi) is 4.16. The first-order valence-electron chi connectivity index (χ1n) is 6.47. The van der Waals surface area contributed by atoms with E-state index in [1.54, 1.807) is 12.3 Å². The molecular weight excluding hydrogens is 242 g/mol. The molecule has 0 unspecified atom stereocenters. The topological polar surface area (TPSA) is 56.2 Å². The van der Waals surface area contributed by atoms with Gasteiger partial charge >= 0.3 is 5.97 Å². The van der Waals surface area contributed by atoms with Gasteiger partial charge in [-0.05, 0) is 32.5 Å². The summed E-state index contributed by atoms with van der Waals surface area (Å²) in [6, 6.07) is 1.74. The first-order valence-corrected chi connectivity index (χ1v) is 6.47. The van der Waals surface area contributed by atoms with Crippen LogP contribution in [-0.4, -0.2) is 29.1 Å². The molecule has 0 spiro atoms. The molecule has 1 N–H and O–H groups in total. The van der Waals surface area contributed by atoms with Crippen LogP contribution >= 0.6 is 0 Å². The highest BCUT2D eigenvalue weighted by Gasteiger charge is 2.14. The molecule has 2 rings (SSSR count). The fraction of sp³-hybridized carbons (Fsp3) is 0.429. The van der Waals surface area contributed by atoms with Crippen LogP contribution in [0.15, 0.2) is 18.5 Å². The van der Waals surface area contributed by atoms with Crippen LogP contribution in [0.5, 0.6) is 5.75 Å². The zero-order valence-corrected chi connectivity index (χ0v) is 11.6. The van der Waals surface area contributed by atoms with E-state index in [4.69, 9.17) is 4.74 Å². The average molecular weight is 261 g/mol. The summed E-state index contributed by atoms with van der Waals surface area (Å²) in [5.74, 6) is 0.284. The van der Waals surface area contributed by atoms with E-state index in [1.807, 2.05) is 7.05 Å². The van der Waals surface area contributed by atoms with E-state index in [-0.39, 0.29) is 5.97 Å². The fourth-order valence-electron chi connectivity index (χ4n) is 2.20. The van der Waals surface area contributed by atoms with E-state index >= 15 is 0 Å². The maximum atomic E-state index is 11.2. The lowest BCUT2D eigenvalue weighted by Gasteiger charge is -2.05. The molecule has 102 valence electrons. The minimum absolute atomic E-state index is 0.309. The van der Waals surface area contributed by atoms with Crippen LogP contribution in [0.1, 0.15) is 19.4 Å². The summed E-state index contributed by atoms with van der Waals surface area (Å²) < 4.78 is 7.37. The summed E-state index contributed by atoms with van der Waals surface area (Å²) in [6.45, 7) is 5.20. The standard InChI is InChI=1S/C14H19N3O2/c1-4-17-9-11(5-7-15-3)13-12(19-10(2)18)6-8-16-14(13)17/h6,8-9,15H,4-5,7H2,1-3H3. The number of hydrogen-bond donors (Lipinski definition) is 1. The van der Waals surface area contributed by atoms with E-state index in [9.17, 15) is 4.79 Å². The van der Waals surface area contributed by atoms with Crippen LogP contribution < -0.4 is 10.1 Å². The number of likely N-dealkylation sites (N-methyl/N-ethyl adjacent to an activating group) is 1. The number of aryl methyl sites for hydroxylation is 1. The predicted molar refractivity (Wildman–Crippen MR) is 74.3 cm³/mol. The van der Waals surface area contributed by atoms with Crippen LogP contribution in [-0.2, 0) is 17.8 Å². The number of pyridine rings is 1. The Bertz CT molecular complexity index is 590. The third-order valence-electron chi connectivity index (χ3n) is 3.04. The van der Waals surface area contributed by atoms with E-state index in [0.29, 0.717) is 5.75 Å². The number of fused-ring (bicyclic) bond motifs is 1. The van der Waals surface area contributed by atoms with Crippen molar-refractivity contribution in [1.82, 2.24) is 14.9 Å². The van der Waals surface area contributed by atoms with Crippen LogP contribution in [0, 0.1) is 0 Å². The minimum atomic E-state index is -0.309. The SMILES string of the molecule is CCn1cc(CCNC)c2c(OC(C)=O)ccnc21. The molecule has 0 saturated heterocycles. The Morgan fingerprint density at radius 1 is 1.53 bits per heavy atom. The second kappa shape index (κ2) is 5.84. The number of rotatable bonds is 5. The molecule has 0 bridgehead atoms. The van der Waals surface area contributed by atoms with Crippen molar-refractivity contribution in [3.8, 4) is 5.75 Å². The van der Waals surface area contributed by atoms with Gasteiger partial charge in [-0.1, -0.05) is 0 Å². The molecule has 0 amide bonds. The number of nitrogens with zero attached hydrogens (tertiary/aromatic N) is 2. The summed E-state index contributed by atoms with van der Waals surface area (Å²) in [5, 5.41) is 4.07. The minimum Gasteiger partial charge on any atom is -0.426 e. The molecule has 0 radical (unpaired) electrons. The zero-order chi connectivity index (χ0) is 13.8. The Morgan fingerprint density at radius 2 is 2.32 bits per heavy atom. The van der Waals surface area contributed by atoms with Crippen molar-refractivity contribution < 1.29 is 9.53 Å².